The molecule has 0 aliphatic heterocycles. The van der Waals surface area contributed by atoms with Gasteiger partial charge in [0.25, 0.3) is 0 Å². The van der Waals surface area contributed by atoms with Gasteiger partial charge in [-0.3, -0.25) is 9.59 Å². The van der Waals surface area contributed by atoms with Gasteiger partial charge in [0.1, 0.15) is 11.9 Å². The number of aryl methyl sites for hydroxylation is 1. The van der Waals surface area contributed by atoms with Crippen LogP contribution in [-0.4, -0.2) is 32.0 Å². The monoisotopic (exact) mass is 312 g/mol. The van der Waals surface area contributed by atoms with E-state index in [0.717, 1.165) is 5.56 Å². The second-order valence-corrected chi connectivity index (χ2v) is 7.16. The predicted molar refractivity (Wildman–Crippen MR) is 78.6 cm³/mol. The molecule has 0 amide bonds. The molecule has 0 aliphatic carbocycles. The van der Waals surface area contributed by atoms with Gasteiger partial charge in [0, 0.05) is 6.92 Å². The first kappa shape index (κ1) is 17.4. The molecular formula is C15H20O5S. The van der Waals surface area contributed by atoms with E-state index in [2.05, 4.69) is 0 Å². The van der Waals surface area contributed by atoms with E-state index in [-0.39, 0.29) is 16.4 Å². The predicted octanol–water partition coefficient (Wildman–Crippen LogP) is 1.93. The van der Waals surface area contributed by atoms with E-state index in [0.29, 0.717) is 0 Å². The van der Waals surface area contributed by atoms with Crippen molar-refractivity contribution in [3.05, 3.63) is 29.8 Å². The summed E-state index contributed by atoms with van der Waals surface area (Å²) >= 11 is 0. The van der Waals surface area contributed by atoms with Crippen LogP contribution < -0.4 is 0 Å². The molecule has 0 heterocycles. The fraction of sp³-hybridized carbons (Fsp3) is 0.467. The summed E-state index contributed by atoms with van der Waals surface area (Å²) in [4.78, 5) is 22.8. The molecular weight excluding hydrogens is 292 g/mol. The molecule has 1 aromatic rings. The van der Waals surface area contributed by atoms with Gasteiger partial charge in [0.05, 0.1) is 16.6 Å². The van der Waals surface area contributed by atoms with Crippen molar-refractivity contribution in [3.63, 3.8) is 0 Å². The summed E-state index contributed by atoms with van der Waals surface area (Å²) in [6.45, 7) is 5.91. The first-order valence-corrected chi connectivity index (χ1v) is 8.26. The van der Waals surface area contributed by atoms with E-state index in [1.54, 1.807) is 12.1 Å². The standard InChI is InChI=1S/C15H20O5S/c1-10-5-7-14(8-6-10)21(18,19)9-15(11(2)16)12(3)20-13(4)17/h5-8,12,15H,9H2,1-4H3/t12-,15-/m1/s1. The second kappa shape index (κ2) is 6.85. The van der Waals surface area contributed by atoms with Gasteiger partial charge in [-0.2, -0.15) is 0 Å². The molecule has 0 N–H and O–H groups in total. The molecule has 0 unspecified atom stereocenters. The smallest absolute Gasteiger partial charge is 0.302 e. The second-order valence-electron chi connectivity index (χ2n) is 5.13. The number of carbonyl (C=O) groups is 2. The Kier molecular flexibility index (Phi) is 5.66. The zero-order chi connectivity index (χ0) is 16.2. The molecule has 0 aromatic heterocycles. The van der Waals surface area contributed by atoms with Crippen molar-refractivity contribution in [3.8, 4) is 0 Å². The molecule has 6 heteroatoms. The molecule has 21 heavy (non-hydrogen) atoms. The van der Waals surface area contributed by atoms with Crippen molar-refractivity contribution in [2.24, 2.45) is 5.92 Å². The Bertz CT molecular complexity index is 616. The minimum Gasteiger partial charge on any atom is -0.462 e. The lowest BCUT2D eigenvalue weighted by atomic mass is 10.0. The number of ether oxygens (including phenoxy) is 1. The van der Waals surface area contributed by atoms with Crippen LogP contribution in [0.1, 0.15) is 26.3 Å². The number of rotatable bonds is 6. The zero-order valence-corrected chi connectivity index (χ0v) is 13.4. The molecule has 0 saturated carbocycles. The topological polar surface area (TPSA) is 77.5 Å². The van der Waals surface area contributed by atoms with Crippen molar-refractivity contribution < 1.29 is 22.7 Å². The fourth-order valence-electron chi connectivity index (χ4n) is 2.01. The molecule has 0 aliphatic rings. The molecule has 5 nitrogen and oxygen atoms in total. The highest BCUT2D eigenvalue weighted by Crippen LogP contribution is 2.19. The molecule has 116 valence electrons. The minimum atomic E-state index is -3.61. The van der Waals surface area contributed by atoms with E-state index in [9.17, 15) is 18.0 Å². The van der Waals surface area contributed by atoms with Gasteiger partial charge in [0.2, 0.25) is 0 Å². The van der Waals surface area contributed by atoms with E-state index in [4.69, 9.17) is 4.74 Å². The van der Waals surface area contributed by atoms with Crippen molar-refractivity contribution >= 4 is 21.6 Å². The zero-order valence-electron chi connectivity index (χ0n) is 12.6. The molecule has 1 aromatic carbocycles. The van der Waals surface area contributed by atoms with Gasteiger partial charge in [-0.15, -0.1) is 0 Å². The maximum atomic E-state index is 12.4. The number of sulfone groups is 1. The molecule has 0 fully saturated rings. The van der Waals surface area contributed by atoms with Crippen LogP contribution in [0, 0.1) is 12.8 Å². The molecule has 0 spiro atoms. The third kappa shape index (κ3) is 4.97. The van der Waals surface area contributed by atoms with Gasteiger partial charge < -0.3 is 4.74 Å². The lowest BCUT2D eigenvalue weighted by Crippen LogP contribution is -2.34. The largest absolute Gasteiger partial charge is 0.462 e. The summed E-state index contributed by atoms with van der Waals surface area (Å²) in [5.74, 6) is -2.11. The Hall–Kier alpha value is -1.69. The number of Topliss-reactive ketones (excluding diaryl/α,β-unsaturated/α-hetero) is 1. The number of carbonyl (C=O) groups excluding carboxylic acids is 2. The van der Waals surface area contributed by atoms with Crippen LogP contribution in [0.3, 0.4) is 0 Å². The summed E-state index contributed by atoms with van der Waals surface area (Å²) in [5, 5.41) is 0. The van der Waals surface area contributed by atoms with Gasteiger partial charge in [0.15, 0.2) is 9.84 Å². The van der Waals surface area contributed by atoms with Crippen LogP contribution in [0.15, 0.2) is 29.2 Å². The first-order chi connectivity index (χ1) is 9.63. The van der Waals surface area contributed by atoms with Gasteiger partial charge in [-0.25, -0.2) is 8.42 Å². The maximum absolute atomic E-state index is 12.4. The summed E-state index contributed by atoms with van der Waals surface area (Å²) in [6, 6.07) is 6.42. The summed E-state index contributed by atoms with van der Waals surface area (Å²) < 4.78 is 29.7. The van der Waals surface area contributed by atoms with Gasteiger partial charge in [-0.1, -0.05) is 17.7 Å². The highest BCUT2D eigenvalue weighted by atomic mass is 32.2. The van der Waals surface area contributed by atoms with E-state index >= 15 is 0 Å². The Morgan fingerprint density at radius 2 is 1.67 bits per heavy atom. The molecule has 1 rings (SSSR count). The number of benzene rings is 1. The lowest BCUT2D eigenvalue weighted by Gasteiger charge is -2.21. The van der Waals surface area contributed by atoms with Crippen molar-refractivity contribution in [1.82, 2.24) is 0 Å². The van der Waals surface area contributed by atoms with E-state index in [1.807, 2.05) is 6.92 Å². The quantitative estimate of drug-likeness (QED) is 0.750. The summed E-state index contributed by atoms with van der Waals surface area (Å²) in [6.07, 6.45) is -0.778. The van der Waals surface area contributed by atoms with Crippen molar-refractivity contribution in [2.45, 2.75) is 38.7 Å². The maximum Gasteiger partial charge on any atom is 0.302 e. The number of hydrogen-bond acceptors (Lipinski definition) is 5. The fourth-order valence-corrected chi connectivity index (χ4v) is 3.73. The Balaban J connectivity index is 2.99. The Morgan fingerprint density at radius 3 is 2.10 bits per heavy atom. The molecule has 2 atom stereocenters. The Labute approximate surface area is 125 Å². The third-order valence-corrected chi connectivity index (χ3v) is 5.01. The minimum absolute atomic E-state index is 0.161. The van der Waals surface area contributed by atoms with Crippen LogP contribution in [0.2, 0.25) is 0 Å². The van der Waals surface area contributed by atoms with Gasteiger partial charge in [-0.05, 0) is 32.9 Å². The van der Waals surface area contributed by atoms with E-state index in [1.165, 1.54) is 32.9 Å². The molecule has 0 radical (unpaired) electrons. The van der Waals surface area contributed by atoms with Crippen LogP contribution in [0.5, 0.6) is 0 Å². The number of hydrogen-bond donors (Lipinski definition) is 0. The average Bonchev–Trinajstić information content (AvgIpc) is 2.35. The summed E-state index contributed by atoms with van der Waals surface area (Å²) in [7, 11) is -3.61. The van der Waals surface area contributed by atoms with Crippen LogP contribution >= 0.6 is 0 Å². The van der Waals surface area contributed by atoms with Crippen LogP contribution in [-0.2, 0) is 24.2 Å². The van der Waals surface area contributed by atoms with Crippen molar-refractivity contribution in [2.75, 3.05) is 5.75 Å². The molecule has 0 saturated heterocycles. The van der Waals surface area contributed by atoms with Crippen molar-refractivity contribution in [1.29, 1.82) is 0 Å². The highest BCUT2D eigenvalue weighted by molar-refractivity contribution is 7.91. The van der Waals surface area contributed by atoms with Crippen LogP contribution in [0.4, 0.5) is 0 Å². The first-order valence-electron chi connectivity index (χ1n) is 6.60. The average molecular weight is 312 g/mol. The summed E-state index contributed by atoms with van der Waals surface area (Å²) in [5.41, 5.74) is 0.949. The SMILES string of the molecule is CC(=O)O[C@H](C)[C@H](CS(=O)(=O)c1ccc(C)cc1)C(C)=O. The number of esters is 1. The van der Waals surface area contributed by atoms with Gasteiger partial charge >= 0.3 is 5.97 Å². The number of ketones is 1. The Morgan fingerprint density at radius 1 is 1.14 bits per heavy atom. The van der Waals surface area contributed by atoms with E-state index < -0.39 is 27.8 Å². The van der Waals surface area contributed by atoms with Crippen LogP contribution in [0.25, 0.3) is 0 Å². The highest BCUT2D eigenvalue weighted by Gasteiger charge is 2.30. The molecule has 0 bridgehead atoms. The normalized spacial score (nSPS) is 14.3. The third-order valence-electron chi connectivity index (χ3n) is 3.22. The lowest BCUT2D eigenvalue weighted by molar-refractivity contribution is -0.149.